The van der Waals surface area contributed by atoms with E-state index in [-0.39, 0.29) is 11.8 Å². The molecule has 1 aromatic heterocycles. The van der Waals surface area contributed by atoms with E-state index in [4.69, 9.17) is 0 Å². The molecule has 0 saturated carbocycles. The zero-order valence-corrected chi connectivity index (χ0v) is 17.2. The van der Waals surface area contributed by atoms with Gasteiger partial charge in [0, 0.05) is 29.5 Å². The molecule has 6 heteroatoms. The van der Waals surface area contributed by atoms with Gasteiger partial charge in [-0.2, -0.15) is 0 Å². The third-order valence-corrected chi connectivity index (χ3v) is 6.07. The van der Waals surface area contributed by atoms with E-state index in [0.717, 1.165) is 53.6 Å². The van der Waals surface area contributed by atoms with Crippen LogP contribution in [0.3, 0.4) is 0 Å². The Bertz CT molecular complexity index is 954. The van der Waals surface area contributed by atoms with Gasteiger partial charge in [-0.05, 0) is 43.4 Å². The van der Waals surface area contributed by atoms with Crippen molar-refractivity contribution in [3.05, 3.63) is 66.7 Å². The smallest absolute Gasteiger partial charge is 0.227 e. The molecule has 2 heterocycles. The van der Waals surface area contributed by atoms with Gasteiger partial charge >= 0.3 is 0 Å². The standard InChI is InChI=1S/C23H24N4OS/c1-29-21-10-6-5-9-20(21)24-23(28)18-13-15-27(16-14-18)22-12-11-19(25-26-22)17-7-3-2-4-8-17/h2-12,18H,13-16H2,1H3,(H,24,28). The maximum atomic E-state index is 12.7. The van der Waals surface area contributed by atoms with E-state index >= 15 is 0 Å². The number of aromatic nitrogens is 2. The average Bonchev–Trinajstić information content (AvgIpc) is 2.80. The Morgan fingerprint density at radius 3 is 2.38 bits per heavy atom. The van der Waals surface area contributed by atoms with E-state index in [0.29, 0.717) is 0 Å². The quantitative estimate of drug-likeness (QED) is 0.624. The van der Waals surface area contributed by atoms with Gasteiger partial charge in [-0.3, -0.25) is 4.79 Å². The predicted molar refractivity (Wildman–Crippen MR) is 119 cm³/mol. The molecular weight excluding hydrogens is 380 g/mol. The van der Waals surface area contributed by atoms with Crippen molar-refractivity contribution in [2.24, 2.45) is 5.92 Å². The molecule has 0 radical (unpaired) electrons. The lowest BCUT2D eigenvalue weighted by Crippen LogP contribution is -2.38. The summed E-state index contributed by atoms with van der Waals surface area (Å²) < 4.78 is 0. The van der Waals surface area contributed by atoms with Crippen LogP contribution in [0.25, 0.3) is 11.3 Å². The van der Waals surface area contributed by atoms with Crippen LogP contribution in [0.5, 0.6) is 0 Å². The van der Waals surface area contributed by atoms with Crippen LogP contribution in [0.1, 0.15) is 12.8 Å². The van der Waals surface area contributed by atoms with Crippen molar-refractivity contribution >= 4 is 29.2 Å². The van der Waals surface area contributed by atoms with E-state index in [1.807, 2.05) is 73.0 Å². The van der Waals surface area contributed by atoms with Gasteiger partial charge < -0.3 is 10.2 Å². The highest BCUT2D eigenvalue weighted by molar-refractivity contribution is 7.98. The molecule has 2 aromatic carbocycles. The number of nitrogens with one attached hydrogen (secondary N) is 1. The number of anilines is 2. The van der Waals surface area contributed by atoms with E-state index < -0.39 is 0 Å². The summed E-state index contributed by atoms with van der Waals surface area (Å²) in [5, 5.41) is 11.9. The molecule has 1 amide bonds. The van der Waals surface area contributed by atoms with Crippen LogP contribution in [-0.4, -0.2) is 35.4 Å². The molecule has 0 aliphatic carbocycles. The summed E-state index contributed by atoms with van der Waals surface area (Å²) in [4.78, 5) is 16.0. The third kappa shape index (κ3) is 4.59. The summed E-state index contributed by atoms with van der Waals surface area (Å²) in [7, 11) is 0. The summed E-state index contributed by atoms with van der Waals surface area (Å²) in [6, 6.07) is 22.0. The Hall–Kier alpha value is -2.86. The van der Waals surface area contributed by atoms with Gasteiger partial charge in [0.05, 0.1) is 11.4 Å². The highest BCUT2D eigenvalue weighted by atomic mass is 32.2. The van der Waals surface area contributed by atoms with Crippen LogP contribution in [0.2, 0.25) is 0 Å². The first-order valence-electron chi connectivity index (χ1n) is 9.82. The van der Waals surface area contributed by atoms with Crippen LogP contribution in [0.15, 0.2) is 71.6 Å². The molecule has 1 aliphatic heterocycles. The minimum Gasteiger partial charge on any atom is -0.355 e. The van der Waals surface area contributed by atoms with Crippen molar-refractivity contribution in [2.45, 2.75) is 17.7 Å². The topological polar surface area (TPSA) is 58.1 Å². The van der Waals surface area contributed by atoms with Gasteiger partial charge in [-0.1, -0.05) is 42.5 Å². The Balaban J connectivity index is 1.35. The van der Waals surface area contributed by atoms with Gasteiger partial charge in [0.25, 0.3) is 0 Å². The Kier molecular flexibility index (Phi) is 6.10. The molecule has 1 fully saturated rings. The Labute approximate surface area is 175 Å². The van der Waals surface area contributed by atoms with Gasteiger partial charge in [0.1, 0.15) is 0 Å². The fraction of sp³-hybridized carbons (Fsp3) is 0.261. The van der Waals surface area contributed by atoms with Crippen LogP contribution < -0.4 is 10.2 Å². The van der Waals surface area contributed by atoms with Crippen LogP contribution >= 0.6 is 11.8 Å². The van der Waals surface area contributed by atoms with E-state index in [2.05, 4.69) is 20.4 Å². The normalized spacial score (nSPS) is 14.6. The molecule has 3 aromatic rings. The van der Waals surface area contributed by atoms with E-state index in [1.54, 1.807) is 11.8 Å². The minimum absolute atomic E-state index is 0.0257. The van der Waals surface area contributed by atoms with Crippen molar-refractivity contribution in [1.82, 2.24) is 10.2 Å². The summed E-state index contributed by atoms with van der Waals surface area (Å²) in [6.07, 6.45) is 3.65. The molecular formula is C23H24N4OS. The maximum absolute atomic E-state index is 12.7. The van der Waals surface area contributed by atoms with E-state index in [1.165, 1.54) is 0 Å². The number of carbonyl (C=O) groups is 1. The number of nitrogens with zero attached hydrogens (tertiary/aromatic N) is 3. The summed E-state index contributed by atoms with van der Waals surface area (Å²) >= 11 is 1.64. The van der Waals surface area contributed by atoms with Crippen molar-refractivity contribution in [2.75, 3.05) is 29.6 Å². The summed E-state index contributed by atoms with van der Waals surface area (Å²) in [6.45, 7) is 1.61. The summed E-state index contributed by atoms with van der Waals surface area (Å²) in [5.41, 5.74) is 2.83. The minimum atomic E-state index is 0.0257. The monoisotopic (exact) mass is 404 g/mol. The zero-order chi connectivity index (χ0) is 20.1. The molecule has 29 heavy (non-hydrogen) atoms. The van der Waals surface area contributed by atoms with Gasteiger partial charge in [0.15, 0.2) is 5.82 Å². The van der Waals surface area contributed by atoms with Gasteiger partial charge in [-0.25, -0.2) is 0 Å². The molecule has 1 saturated heterocycles. The lowest BCUT2D eigenvalue weighted by Gasteiger charge is -2.32. The number of amides is 1. The number of hydrogen-bond donors (Lipinski definition) is 1. The molecule has 1 aliphatic rings. The zero-order valence-electron chi connectivity index (χ0n) is 16.4. The third-order valence-electron chi connectivity index (χ3n) is 5.27. The van der Waals surface area contributed by atoms with Crippen molar-refractivity contribution in [1.29, 1.82) is 0 Å². The fourth-order valence-corrected chi connectivity index (χ4v) is 4.16. The fourth-order valence-electron chi connectivity index (χ4n) is 3.61. The molecule has 0 bridgehead atoms. The predicted octanol–water partition coefficient (Wildman–Crippen LogP) is 4.72. The number of thioether (sulfide) groups is 1. The molecule has 0 unspecified atom stereocenters. The Morgan fingerprint density at radius 2 is 1.69 bits per heavy atom. The first-order valence-corrected chi connectivity index (χ1v) is 11.0. The second-order valence-electron chi connectivity index (χ2n) is 7.09. The molecule has 0 atom stereocenters. The van der Waals surface area contributed by atoms with Gasteiger partial charge in [-0.15, -0.1) is 22.0 Å². The summed E-state index contributed by atoms with van der Waals surface area (Å²) in [5.74, 6) is 1.01. The SMILES string of the molecule is CSc1ccccc1NC(=O)C1CCN(c2ccc(-c3ccccc3)nn2)CC1. The highest BCUT2D eigenvalue weighted by Crippen LogP contribution is 2.28. The van der Waals surface area contributed by atoms with Crippen LogP contribution in [0.4, 0.5) is 11.5 Å². The molecule has 5 nitrogen and oxygen atoms in total. The van der Waals surface area contributed by atoms with Gasteiger partial charge in [0.2, 0.25) is 5.91 Å². The van der Waals surface area contributed by atoms with Crippen LogP contribution in [-0.2, 0) is 4.79 Å². The molecule has 1 N–H and O–H groups in total. The first kappa shape index (κ1) is 19.5. The largest absolute Gasteiger partial charge is 0.355 e. The molecule has 148 valence electrons. The van der Waals surface area contributed by atoms with Crippen molar-refractivity contribution in [3.63, 3.8) is 0 Å². The van der Waals surface area contributed by atoms with E-state index in [9.17, 15) is 4.79 Å². The number of piperidine rings is 1. The lowest BCUT2D eigenvalue weighted by atomic mass is 9.95. The average molecular weight is 405 g/mol. The Morgan fingerprint density at radius 1 is 0.966 bits per heavy atom. The second-order valence-corrected chi connectivity index (χ2v) is 7.94. The van der Waals surface area contributed by atoms with Crippen LogP contribution in [0, 0.1) is 5.92 Å². The molecule has 0 spiro atoms. The molecule has 4 rings (SSSR count). The maximum Gasteiger partial charge on any atom is 0.227 e. The number of benzene rings is 2. The second kappa shape index (κ2) is 9.09. The highest BCUT2D eigenvalue weighted by Gasteiger charge is 2.26. The van der Waals surface area contributed by atoms with Crippen molar-refractivity contribution in [3.8, 4) is 11.3 Å². The first-order chi connectivity index (χ1) is 14.2. The number of para-hydroxylation sites is 1. The number of rotatable bonds is 5. The lowest BCUT2D eigenvalue weighted by molar-refractivity contribution is -0.120. The number of hydrogen-bond acceptors (Lipinski definition) is 5. The van der Waals surface area contributed by atoms with Crippen molar-refractivity contribution < 1.29 is 4.79 Å². The number of carbonyl (C=O) groups excluding carboxylic acids is 1.